The van der Waals surface area contributed by atoms with Crippen LogP contribution in [-0.4, -0.2) is 15.0 Å². The summed E-state index contributed by atoms with van der Waals surface area (Å²) in [6.07, 6.45) is 3.70. The van der Waals surface area contributed by atoms with Gasteiger partial charge in [0.1, 0.15) is 0 Å². The maximum absolute atomic E-state index is 5.55. The highest BCUT2D eigenvalue weighted by molar-refractivity contribution is 6.31. The van der Waals surface area contributed by atoms with Crippen LogP contribution in [0.5, 0.6) is 0 Å². The Kier molecular flexibility index (Phi) is 6.25. The fourth-order valence-electron chi connectivity index (χ4n) is 8.43. The molecule has 240 valence electrons. The van der Waals surface area contributed by atoms with Gasteiger partial charge >= 0.3 is 0 Å². The molecule has 0 saturated carbocycles. The third-order valence-electron chi connectivity index (χ3n) is 10.7. The second-order valence-corrected chi connectivity index (χ2v) is 13.5. The number of hydrogen-bond acceptors (Lipinski definition) is 3. The first-order valence-electron chi connectivity index (χ1n) is 17.7. The molecule has 52 heavy (non-hydrogen) atoms. The predicted molar refractivity (Wildman–Crippen MR) is 219 cm³/mol. The average molecular weight is 660 g/mol. The van der Waals surface area contributed by atoms with Crippen molar-refractivity contribution >= 4 is 75.8 Å². The summed E-state index contributed by atoms with van der Waals surface area (Å²) < 4.78 is 0. The highest BCUT2D eigenvalue weighted by atomic mass is 14.7. The molecule has 0 bridgehead atoms. The van der Waals surface area contributed by atoms with E-state index in [2.05, 4.69) is 157 Å². The zero-order chi connectivity index (χ0) is 34.2. The molecule has 0 atom stereocenters. The van der Waals surface area contributed by atoms with Crippen LogP contribution >= 0.6 is 0 Å². The number of nitrogens with zero attached hydrogens (tertiary/aromatic N) is 3. The second-order valence-electron chi connectivity index (χ2n) is 13.5. The highest BCUT2D eigenvalue weighted by Gasteiger charge is 2.18. The molecule has 0 aliphatic carbocycles. The normalized spacial score (nSPS) is 11.8. The van der Waals surface area contributed by atoms with Crippen LogP contribution in [0.25, 0.3) is 109 Å². The summed E-state index contributed by atoms with van der Waals surface area (Å²) in [5.74, 6) is 0. The molecular formula is C49H29N3. The minimum absolute atomic E-state index is 0.923. The Labute approximate surface area is 299 Å². The van der Waals surface area contributed by atoms with Crippen LogP contribution in [0.2, 0.25) is 0 Å². The Morgan fingerprint density at radius 2 is 0.865 bits per heavy atom. The average Bonchev–Trinajstić information content (AvgIpc) is 3.22. The van der Waals surface area contributed by atoms with E-state index in [-0.39, 0.29) is 0 Å². The first kappa shape index (κ1) is 28.8. The summed E-state index contributed by atoms with van der Waals surface area (Å²) in [6.45, 7) is 0. The van der Waals surface area contributed by atoms with Gasteiger partial charge in [0.05, 0.1) is 22.2 Å². The third kappa shape index (κ3) is 4.23. The van der Waals surface area contributed by atoms with Crippen molar-refractivity contribution in [2.75, 3.05) is 0 Å². The minimum Gasteiger partial charge on any atom is -0.254 e. The molecule has 0 saturated heterocycles. The van der Waals surface area contributed by atoms with Crippen LogP contribution < -0.4 is 0 Å². The lowest BCUT2D eigenvalue weighted by atomic mass is 9.89. The first-order chi connectivity index (χ1) is 25.8. The lowest BCUT2D eigenvalue weighted by Gasteiger charge is -2.16. The van der Waals surface area contributed by atoms with Crippen molar-refractivity contribution < 1.29 is 0 Å². The van der Waals surface area contributed by atoms with Gasteiger partial charge in [-0.25, -0.2) is 4.98 Å². The van der Waals surface area contributed by atoms with E-state index in [0.29, 0.717) is 0 Å². The summed E-state index contributed by atoms with van der Waals surface area (Å²) in [5, 5.41) is 13.1. The maximum Gasteiger partial charge on any atom is 0.0970 e. The molecule has 0 radical (unpaired) electrons. The number of aromatic nitrogens is 3. The third-order valence-corrected chi connectivity index (χ3v) is 10.7. The molecule has 0 fully saturated rings. The van der Waals surface area contributed by atoms with Crippen molar-refractivity contribution in [2.45, 2.75) is 0 Å². The number of fused-ring (bicyclic) bond motifs is 12. The molecule has 0 aliphatic rings. The van der Waals surface area contributed by atoms with Gasteiger partial charge < -0.3 is 0 Å². The quantitative estimate of drug-likeness (QED) is 0.177. The van der Waals surface area contributed by atoms with Gasteiger partial charge in [0.2, 0.25) is 0 Å². The van der Waals surface area contributed by atoms with E-state index >= 15 is 0 Å². The van der Waals surface area contributed by atoms with Gasteiger partial charge in [-0.15, -0.1) is 0 Å². The molecule has 11 aromatic rings. The molecule has 0 aliphatic heterocycles. The lowest BCUT2D eigenvalue weighted by Crippen LogP contribution is -1.93. The van der Waals surface area contributed by atoms with Crippen molar-refractivity contribution in [3.63, 3.8) is 0 Å². The molecule has 3 heterocycles. The standard InChI is InChI=1S/C49H29N3/c1-2-16-35-34(15-1)33(24-25-38(35)44-29-32-14-10-26-50-47(32)49-43(44)23-11-27-51-49)30-12-9-13-31(28-30)46-42-22-8-6-20-40(42)45-39-19-5-3-17-36(39)37-18-4-7-21-41(37)48(45)52-46/h1-29H. The molecule has 0 N–H and O–H groups in total. The fourth-order valence-corrected chi connectivity index (χ4v) is 8.43. The van der Waals surface area contributed by atoms with E-state index in [0.717, 1.165) is 55.1 Å². The van der Waals surface area contributed by atoms with Gasteiger partial charge in [-0.2, -0.15) is 0 Å². The summed E-state index contributed by atoms with van der Waals surface area (Å²) in [4.78, 5) is 15.0. The first-order valence-corrected chi connectivity index (χ1v) is 17.7. The highest BCUT2D eigenvalue weighted by Crippen LogP contribution is 2.43. The SMILES string of the molecule is c1cc(-c2ccc(-c3cc4cccnc4c4ncccc34)c3ccccc23)cc(-c2nc3c4ccccc4c4ccccc4c3c3ccccc23)c1. The summed E-state index contributed by atoms with van der Waals surface area (Å²) >= 11 is 0. The van der Waals surface area contributed by atoms with Crippen LogP contribution in [0.4, 0.5) is 0 Å². The van der Waals surface area contributed by atoms with Crippen LogP contribution in [-0.2, 0) is 0 Å². The molecule has 3 heteroatoms. The Morgan fingerprint density at radius 1 is 0.308 bits per heavy atom. The fraction of sp³-hybridized carbons (Fsp3) is 0. The van der Waals surface area contributed by atoms with E-state index in [4.69, 9.17) is 9.97 Å². The molecule has 3 nitrogen and oxygen atoms in total. The van der Waals surface area contributed by atoms with Crippen LogP contribution in [0, 0.1) is 0 Å². The number of benzene rings is 8. The predicted octanol–water partition coefficient (Wildman–Crippen LogP) is 12.9. The molecule has 0 unspecified atom stereocenters. The van der Waals surface area contributed by atoms with Crippen LogP contribution in [0.15, 0.2) is 176 Å². The number of pyridine rings is 3. The van der Waals surface area contributed by atoms with Gasteiger partial charge in [-0.05, 0) is 78.8 Å². The summed E-state index contributed by atoms with van der Waals surface area (Å²) in [5.41, 5.74) is 9.66. The van der Waals surface area contributed by atoms with Gasteiger partial charge in [0, 0.05) is 44.9 Å². The Bertz CT molecular complexity index is 3250. The van der Waals surface area contributed by atoms with Crippen molar-refractivity contribution in [1.82, 2.24) is 15.0 Å². The Morgan fingerprint density at radius 3 is 1.65 bits per heavy atom. The molecule has 0 amide bonds. The van der Waals surface area contributed by atoms with E-state index in [1.807, 2.05) is 24.5 Å². The topological polar surface area (TPSA) is 38.7 Å². The molecule has 3 aromatic heterocycles. The van der Waals surface area contributed by atoms with Crippen molar-refractivity contribution in [2.24, 2.45) is 0 Å². The zero-order valence-corrected chi connectivity index (χ0v) is 28.1. The molecule has 11 rings (SSSR count). The molecular weight excluding hydrogens is 631 g/mol. The van der Waals surface area contributed by atoms with E-state index in [1.165, 1.54) is 54.2 Å². The second kappa shape index (κ2) is 11.3. The van der Waals surface area contributed by atoms with E-state index < -0.39 is 0 Å². The summed E-state index contributed by atoms with van der Waals surface area (Å²) in [7, 11) is 0. The Balaban J connectivity index is 1.14. The van der Waals surface area contributed by atoms with Gasteiger partial charge in [-0.3, -0.25) is 9.97 Å². The Hall–Kier alpha value is -6.97. The van der Waals surface area contributed by atoms with Gasteiger partial charge in [0.25, 0.3) is 0 Å². The largest absolute Gasteiger partial charge is 0.254 e. The molecule has 8 aromatic carbocycles. The minimum atomic E-state index is 0.923. The molecule has 0 spiro atoms. The maximum atomic E-state index is 5.55. The van der Waals surface area contributed by atoms with Crippen molar-refractivity contribution in [3.8, 4) is 33.5 Å². The summed E-state index contributed by atoms with van der Waals surface area (Å²) in [6, 6.07) is 58.9. The number of rotatable bonds is 3. The zero-order valence-electron chi connectivity index (χ0n) is 28.1. The number of hydrogen-bond donors (Lipinski definition) is 0. The van der Waals surface area contributed by atoms with E-state index in [9.17, 15) is 0 Å². The van der Waals surface area contributed by atoms with Crippen molar-refractivity contribution in [1.29, 1.82) is 0 Å². The van der Waals surface area contributed by atoms with Crippen molar-refractivity contribution in [3.05, 3.63) is 176 Å². The smallest absolute Gasteiger partial charge is 0.0970 e. The van der Waals surface area contributed by atoms with E-state index in [1.54, 1.807) is 0 Å². The van der Waals surface area contributed by atoms with Crippen LogP contribution in [0.3, 0.4) is 0 Å². The van der Waals surface area contributed by atoms with Crippen LogP contribution in [0.1, 0.15) is 0 Å². The van der Waals surface area contributed by atoms with Gasteiger partial charge in [-0.1, -0.05) is 140 Å². The lowest BCUT2D eigenvalue weighted by molar-refractivity contribution is 1.37. The van der Waals surface area contributed by atoms with Gasteiger partial charge in [0.15, 0.2) is 0 Å². The monoisotopic (exact) mass is 659 g/mol.